The van der Waals surface area contributed by atoms with Crippen LogP contribution in [-0.4, -0.2) is 18.4 Å². The molecule has 4 heteroatoms. The van der Waals surface area contributed by atoms with Crippen LogP contribution in [0, 0.1) is 0 Å². The third kappa shape index (κ3) is 2.75. The molecule has 0 atom stereocenters. The molecule has 4 nitrogen and oxygen atoms in total. The summed E-state index contributed by atoms with van der Waals surface area (Å²) in [6, 6.07) is 5.18. The number of cyclic esters (lactones) is 1. The summed E-state index contributed by atoms with van der Waals surface area (Å²) in [5.74, 6) is -0.0501. The Bertz CT molecular complexity index is 451. The van der Waals surface area contributed by atoms with Crippen LogP contribution in [0.5, 0.6) is 11.5 Å². The van der Waals surface area contributed by atoms with E-state index in [0.717, 1.165) is 12.8 Å². The van der Waals surface area contributed by atoms with Crippen molar-refractivity contribution in [2.75, 3.05) is 6.61 Å². The number of hydrogen-bond donors (Lipinski definition) is 0. The molecule has 0 aromatic heterocycles. The van der Waals surface area contributed by atoms with Crippen molar-refractivity contribution in [1.29, 1.82) is 0 Å². The maximum absolute atomic E-state index is 11.7. The summed E-state index contributed by atoms with van der Waals surface area (Å²) in [6.07, 6.45) is 2.09. The monoisotopic (exact) mass is 250 g/mol. The maximum atomic E-state index is 11.7. The number of carbonyl (C=O) groups is 1. The average Bonchev–Trinajstić information content (AvgIpc) is 2.27. The zero-order valence-electron chi connectivity index (χ0n) is 11.0. The third-order valence-electron chi connectivity index (χ3n) is 2.63. The fraction of sp³-hybridized carbons (Fsp3) is 0.500. The van der Waals surface area contributed by atoms with Crippen molar-refractivity contribution in [3.8, 4) is 11.5 Å². The van der Waals surface area contributed by atoms with Gasteiger partial charge < -0.3 is 14.2 Å². The minimum absolute atomic E-state index is 0.360. The van der Waals surface area contributed by atoms with Crippen molar-refractivity contribution in [3.63, 3.8) is 0 Å². The number of ether oxygens (including phenoxy) is 3. The smallest absolute Gasteiger partial charge is 0.345 e. The molecule has 0 unspecified atom stereocenters. The highest BCUT2D eigenvalue weighted by molar-refractivity contribution is 5.93. The SMILES string of the molecule is CCCCOc1ccc2c(c1)OC(C)(C)OC2=O. The van der Waals surface area contributed by atoms with Crippen LogP contribution in [0.1, 0.15) is 44.0 Å². The molecule has 0 aliphatic carbocycles. The van der Waals surface area contributed by atoms with E-state index in [1.54, 1.807) is 32.0 Å². The lowest BCUT2D eigenvalue weighted by Crippen LogP contribution is -2.38. The molecular weight excluding hydrogens is 232 g/mol. The molecule has 0 bridgehead atoms. The Balaban J connectivity index is 2.18. The first-order chi connectivity index (χ1) is 8.52. The van der Waals surface area contributed by atoms with Gasteiger partial charge in [0.15, 0.2) is 0 Å². The van der Waals surface area contributed by atoms with Crippen molar-refractivity contribution in [2.45, 2.75) is 39.4 Å². The summed E-state index contributed by atoms with van der Waals surface area (Å²) < 4.78 is 16.3. The summed E-state index contributed by atoms with van der Waals surface area (Å²) in [5.41, 5.74) is 0.442. The molecule has 0 spiro atoms. The van der Waals surface area contributed by atoms with E-state index in [2.05, 4.69) is 6.92 Å². The molecule has 1 heterocycles. The van der Waals surface area contributed by atoms with Crippen LogP contribution in [0.3, 0.4) is 0 Å². The predicted octanol–water partition coefficient (Wildman–Crippen LogP) is 3.15. The summed E-state index contributed by atoms with van der Waals surface area (Å²) in [5, 5.41) is 0. The fourth-order valence-electron chi connectivity index (χ4n) is 1.74. The molecule has 0 amide bonds. The number of benzene rings is 1. The highest BCUT2D eigenvalue weighted by Gasteiger charge is 2.33. The number of esters is 1. The number of unbranched alkanes of at least 4 members (excludes halogenated alkanes) is 1. The van der Waals surface area contributed by atoms with Gasteiger partial charge in [-0.1, -0.05) is 13.3 Å². The second-order valence-corrected chi connectivity index (χ2v) is 4.75. The van der Waals surface area contributed by atoms with Crippen LogP contribution in [0.25, 0.3) is 0 Å². The zero-order chi connectivity index (χ0) is 13.2. The van der Waals surface area contributed by atoms with Crippen LogP contribution < -0.4 is 9.47 Å². The summed E-state index contributed by atoms with van der Waals surface area (Å²) in [7, 11) is 0. The van der Waals surface area contributed by atoms with Gasteiger partial charge in [-0.2, -0.15) is 0 Å². The van der Waals surface area contributed by atoms with Crippen LogP contribution in [-0.2, 0) is 4.74 Å². The van der Waals surface area contributed by atoms with E-state index in [1.165, 1.54) is 0 Å². The quantitative estimate of drug-likeness (QED) is 0.608. The average molecular weight is 250 g/mol. The third-order valence-corrected chi connectivity index (χ3v) is 2.63. The molecule has 0 fully saturated rings. The summed E-state index contributed by atoms with van der Waals surface area (Å²) in [4.78, 5) is 11.7. The van der Waals surface area contributed by atoms with Gasteiger partial charge in [-0.05, 0) is 18.6 Å². The van der Waals surface area contributed by atoms with Gasteiger partial charge in [0, 0.05) is 19.9 Å². The molecule has 0 saturated heterocycles. The summed E-state index contributed by atoms with van der Waals surface area (Å²) in [6.45, 7) is 6.19. The van der Waals surface area contributed by atoms with E-state index in [1.807, 2.05) is 0 Å². The fourth-order valence-corrected chi connectivity index (χ4v) is 1.74. The van der Waals surface area contributed by atoms with E-state index >= 15 is 0 Å². The highest BCUT2D eigenvalue weighted by Crippen LogP contribution is 2.33. The van der Waals surface area contributed by atoms with Crippen LogP contribution in [0.2, 0.25) is 0 Å². The minimum atomic E-state index is -0.924. The van der Waals surface area contributed by atoms with Gasteiger partial charge in [-0.15, -0.1) is 0 Å². The van der Waals surface area contributed by atoms with Gasteiger partial charge in [-0.3, -0.25) is 0 Å². The first kappa shape index (κ1) is 12.7. The second-order valence-electron chi connectivity index (χ2n) is 4.75. The lowest BCUT2D eigenvalue weighted by Gasteiger charge is -2.31. The second kappa shape index (κ2) is 4.88. The van der Waals surface area contributed by atoms with E-state index < -0.39 is 5.79 Å². The Morgan fingerprint density at radius 1 is 1.28 bits per heavy atom. The highest BCUT2D eigenvalue weighted by atomic mass is 16.7. The van der Waals surface area contributed by atoms with Crippen LogP contribution in [0.4, 0.5) is 0 Å². The van der Waals surface area contributed by atoms with Gasteiger partial charge in [0.2, 0.25) is 5.79 Å². The maximum Gasteiger partial charge on any atom is 0.345 e. The number of hydrogen-bond acceptors (Lipinski definition) is 4. The molecule has 2 rings (SSSR count). The first-order valence-electron chi connectivity index (χ1n) is 6.21. The molecular formula is C14H18O4. The van der Waals surface area contributed by atoms with E-state index in [-0.39, 0.29) is 5.97 Å². The number of rotatable bonds is 4. The van der Waals surface area contributed by atoms with Gasteiger partial charge in [0.25, 0.3) is 0 Å². The molecule has 0 radical (unpaired) electrons. The van der Waals surface area contributed by atoms with Crippen molar-refractivity contribution in [1.82, 2.24) is 0 Å². The van der Waals surface area contributed by atoms with Gasteiger partial charge in [-0.25, -0.2) is 4.79 Å². The van der Waals surface area contributed by atoms with Crippen LogP contribution in [0.15, 0.2) is 18.2 Å². The van der Waals surface area contributed by atoms with E-state index in [9.17, 15) is 4.79 Å². The molecule has 1 aromatic rings. The van der Waals surface area contributed by atoms with Gasteiger partial charge in [0.05, 0.1) is 6.61 Å². The zero-order valence-corrected chi connectivity index (χ0v) is 11.0. The Hall–Kier alpha value is -1.71. The predicted molar refractivity (Wildman–Crippen MR) is 67.0 cm³/mol. The molecule has 1 aromatic carbocycles. The lowest BCUT2D eigenvalue weighted by atomic mass is 10.1. The molecule has 1 aliphatic heterocycles. The van der Waals surface area contributed by atoms with Crippen molar-refractivity contribution in [3.05, 3.63) is 23.8 Å². The van der Waals surface area contributed by atoms with E-state index in [0.29, 0.717) is 23.7 Å². The Labute approximate surface area is 107 Å². The number of fused-ring (bicyclic) bond motifs is 1. The van der Waals surface area contributed by atoms with E-state index in [4.69, 9.17) is 14.2 Å². The van der Waals surface area contributed by atoms with Gasteiger partial charge >= 0.3 is 5.97 Å². The summed E-state index contributed by atoms with van der Waals surface area (Å²) >= 11 is 0. The molecule has 1 aliphatic rings. The van der Waals surface area contributed by atoms with Crippen molar-refractivity contribution < 1.29 is 19.0 Å². The lowest BCUT2D eigenvalue weighted by molar-refractivity contribution is -0.127. The van der Waals surface area contributed by atoms with Crippen molar-refractivity contribution >= 4 is 5.97 Å². The number of carbonyl (C=O) groups excluding carboxylic acids is 1. The molecule has 0 saturated carbocycles. The largest absolute Gasteiger partial charge is 0.493 e. The van der Waals surface area contributed by atoms with Crippen LogP contribution >= 0.6 is 0 Å². The van der Waals surface area contributed by atoms with Crippen molar-refractivity contribution in [2.24, 2.45) is 0 Å². The topological polar surface area (TPSA) is 44.8 Å². The molecule has 98 valence electrons. The van der Waals surface area contributed by atoms with Gasteiger partial charge in [0.1, 0.15) is 17.1 Å². The molecule has 18 heavy (non-hydrogen) atoms. The normalized spacial score (nSPS) is 16.5. The molecule has 0 N–H and O–H groups in total. The minimum Gasteiger partial charge on any atom is -0.493 e. The first-order valence-corrected chi connectivity index (χ1v) is 6.21. The Morgan fingerprint density at radius 3 is 2.78 bits per heavy atom. The Kier molecular flexibility index (Phi) is 3.45. The standard InChI is InChI=1S/C14H18O4/c1-4-5-8-16-10-6-7-11-12(9-10)17-14(2,3)18-13(11)15/h6-7,9H,4-5,8H2,1-3H3. The Morgan fingerprint density at radius 2 is 2.06 bits per heavy atom.